The molecule has 2 amide bonds. The Morgan fingerprint density at radius 2 is 1.67 bits per heavy atom. The fourth-order valence-corrected chi connectivity index (χ4v) is 3.76. The highest BCUT2D eigenvalue weighted by Gasteiger charge is 2.52. The summed E-state index contributed by atoms with van der Waals surface area (Å²) in [6, 6.07) is 3.70. The van der Waals surface area contributed by atoms with Gasteiger partial charge in [0.1, 0.15) is 0 Å². The van der Waals surface area contributed by atoms with Crippen molar-refractivity contribution in [3.05, 3.63) is 23.3 Å². The topological polar surface area (TPSA) is 63.4 Å². The van der Waals surface area contributed by atoms with Crippen LogP contribution in [0, 0.1) is 31.6 Å². The minimum Gasteiger partial charge on any atom is -0.399 e. The maximum Gasteiger partial charge on any atom is 0.237 e. The molecule has 0 bridgehead atoms. The second-order valence-electron chi connectivity index (χ2n) is 6.47. The first-order chi connectivity index (χ1) is 9.93. The van der Waals surface area contributed by atoms with Crippen LogP contribution in [0.15, 0.2) is 12.1 Å². The number of hydrogen-bond donors (Lipinski definition) is 1. The number of nitrogens with two attached hydrogens (primary N) is 1. The van der Waals surface area contributed by atoms with Crippen molar-refractivity contribution in [2.45, 2.75) is 40.0 Å². The van der Waals surface area contributed by atoms with E-state index in [1.165, 1.54) is 4.90 Å². The SMILES string of the molecule is CCC1CC2C(=O)N(c3cc(C)c(N)cc3C)C(=O)C2C1. The molecule has 0 spiro atoms. The first-order valence-corrected chi connectivity index (χ1v) is 7.68. The number of nitrogens with zero attached hydrogens (tertiary/aromatic N) is 1. The van der Waals surface area contributed by atoms with Crippen LogP contribution in [0.3, 0.4) is 0 Å². The number of nitrogen functional groups attached to an aromatic ring is 1. The molecule has 1 aliphatic carbocycles. The third-order valence-electron chi connectivity index (χ3n) is 5.14. The van der Waals surface area contributed by atoms with Crippen LogP contribution in [0.1, 0.15) is 37.3 Å². The summed E-state index contributed by atoms with van der Waals surface area (Å²) < 4.78 is 0. The van der Waals surface area contributed by atoms with Crippen LogP contribution >= 0.6 is 0 Å². The number of benzene rings is 1. The lowest BCUT2D eigenvalue weighted by Gasteiger charge is -2.20. The van der Waals surface area contributed by atoms with Crippen molar-refractivity contribution in [2.75, 3.05) is 10.6 Å². The molecule has 21 heavy (non-hydrogen) atoms. The molecule has 4 nitrogen and oxygen atoms in total. The van der Waals surface area contributed by atoms with Gasteiger partial charge in [0.25, 0.3) is 0 Å². The molecule has 2 N–H and O–H groups in total. The summed E-state index contributed by atoms with van der Waals surface area (Å²) in [5.74, 6) is 0.255. The summed E-state index contributed by atoms with van der Waals surface area (Å²) in [6.07, 6.45) is 2.76. The van der Waals surface area contributed by atoms with Gasteiger partial charge in [0, 0.05) is 5.69 Å². The molecule has 3 rings (SSSR count). The van der Waals surface area contributed by atoms with Crippen LogP contribution in [0.5, 0.6) is 0 Å². The smallest absolute Gasteiger partial charge is 0.237 e. The molecule has 0 aromatic heterocycles. The van der Waals surface area contributed by atoms with Gasteiger partial charge in [-0.1, -0.05) is 13.3 Å². The molecule has 1 heterocycles. The third kappa shape index (κ3) is 2.04. The Morgan fingerprint density at radius 1 is 1.10 bits per heavy atom. The normalized spacial score (nSPS) is 28.3. The van der Waals surface area contributed by atoms with Crippen LogP contribution in [0.4, 0.5) is 11.4 Å². The lowest BCUT2D eigenvalue weighted by atomic mass is 10.00. The quantitative estimate of drug-likeness (QED) is 0.671. The van der Waals surface area contributed by atoms with E-state index in [2.05, 4.69) is 6.92 Å². The van der Waals surface area contributed by atoms with Gasteiger partial charge in [-0.25, -0.2) is 4.90 Å². The number of hydrogen-bond acceptors (Lipinski definition) is 3. The van der Waals surface area contributed by atoms with Gasteiger partial charge in [-0.2, -0.15) is 0 Å². The summed E-state index contributed by atoms with van der Waals surface area (Å²) >= 11 is 0. The van der Waals surface area contributed by atoms with Crippen LogP contribution in [0.25, 0.3) is 0 Å². The van der Waals surface area contributed by atoms with Crippen molar-refractivity contribution in [3.8, 4) is 0 Å². The van der Waals surface area contributed by atoms with Crippen molar-refractivity contribution < 1.29 is 9.59 Å². The average Bonchev–Trinajstić information content (AvgIpc) is 2.96. The number of carbonyl (C=O) groups is 2. The molecule has 0 radical (unpaired) electrons. The molecular weight excluding hydrogens is 264 g/mol. The van der Waals surface area contributed by atoms with E-state index in [1.807, 2.05) is 26.0 Å². The number of amides is 2. The van der Waals surface area contributed by atoms with E-state index in [9.17, 15) is 9.59 Å². The fourth-order valence-electron chi connectivity index (χ4n) is 3.76. The maximum absolute atomic E-state index is 12.7. The Kier molecular flexibility index (Phi) is 3.27. The van der Waals surface area contributed by atoms with Gasteiger partial charge in [-0.15, -0.1) is 0 Å². The highest BCUT2D eigenvalue weighted by atomic mass is 16.2. The third-order valence-corrected chi connectivity index (χ3v) is 5.14. The standard InChI is InChI=1S/C17H22N2O2/c1-4-11-7-12-13(8-11)17(21)19(16(12)20)15-6-9(2)14(18)5-10(15)3/h5-6,11-13H,4,7-8,18H2,1-3H3. The number of imide groups is 1. The Balaban J connectivity index is 1.97. The van der Waals surface area contributed by atoms with Crippen molar-refractivity contribution in [3.63, 3.8) is 0 Å². The van der Waals surface area contributed by atoms with Gasteiger partial charge >= 0.3 is 0 Å². The molecular formula is C17H22N2O2. The molecule has 1 aromatic rings. The molecule has 2 aliphatic rings. The molecule has 1 saturated carbocycles. The van der Waals surface area contributed by atoms with Crippen LogP contribution < -0.4 is 10.6 Å². The molecule has 1 aliphatic heterocycles. The first-order valence-electron chi connectivity index (χ1n) is 7.68. The van der Waals surface area contributed by atoms with E-state index in [0.717, 1.165) is 30.4 Å². The van der Waals surface area contributed by atoms with Crippen molar-refractivity contribution in [2.24, 2.45) is 17.8 Å². The number of rotatable bonds is 2. The maximum atomic E-state index is 12.7. The van der Waals surface area contributed by atoms with Crippen molar-refractivity contribution in [1.82, 2.24) is 0 Å². The molecule has 4 heteroatoms. The minimum atomic E-state index is -0.111. The van der Waals surface area contributed by atoms with Crippen LogP contribution in [-0.4, -0.2) is 11.8 Å². The van der Waals surface area contributed by atoms with Gasteiger partial charge < -0.3 is 5.73 Å². The van der Waals surface area contributed by atoms with E-state index in [0.29, 0.717) is 17.3 Å². The van der Waals surface area contributed by atoms with E-state index in [1.54, 1.807) is 0 Å². The fraction of sp³-hybridized carbons (Fsp3) is 0.529. The van der Waals surface area contributed by atoms with Crippen LogP contribution in [0.2, 0.25) is 0 Å². The van der Waals surface area contributed by atoms with Gasteiger partial charge in [-0.05, 0) is 55.9 Å². The largest absolute Gasteiger partial charge is 0.399 e. The molecule has 1 aromatic carbocycles. The Morgan fingerprint density at radius 3 is 2.19 bits per heavy atom. The number of aryl methyl sites for hydroxylation is 2. The first kappa shape index (κ1) is 14.1. The van der Waals surface area contributed by atoms with E-state index < -0.39 is 0 Å². The van der Waals surface area contributed by atoms with Crippen molar-refractivity contribution >= 4 is 23.2 Å². The van der Waals surface area contributed by atoms with E-state index in [4.69, 9.17) is 5.73 Å². The zero-order chi connectivity index (χ0) is 15.3. The summed E-state index contributed by atoms with van der Waals surface area (Å²) in [6.45, 7) is 5.93. The summed E-state index contributed by atoms with van der Waals surface area (Å²) in [5.41, 5.74) is 9.08. The Labute approximate surface area is 125 Å². The predicted octanol–water partition coefficient (Wildman–Crippen LogP) is 2.81. The summed E-state index contributed by atoms with van der Waals surface area (Å²) in [7, 11) is 0. The minimum absolute atomic E-state index is 0.0202. The van der Waals surface area contributed by atoms with Crippen molar-refractivity contribution in [1.29, 1.82) is 0 Å². The predicted molar refractivity (Wildman–Crippen MR) is 82.8 cm³/mol. The molecule has 2 unspecified atom stereocenters. The second-order valence-corrected chi connectivity index (χ2v) is 6.47. The van der Waals surface area contributed by atoms with Gasteiger partial charge in [0.2, 0.25) is 11.8 Å². The molecule has 112 valence electrons. The zero-order valence-electron chi connectivity index (χ0n) is 12.8. The molecule has 2 fully saturated rings. The Bertz CT molecular complexity index is 599. The lowest BCUT2D eigenvalue weighted by molar-refractivity contribution is -0.123. The zero-order valence-corrected chi connectivity index (χ0v) is 12.8. The van der Waals surface area contributed by atoms with Gasteiger partial charge in [0.05, 0.1) is 17.5 Å². The monoisotopic (exact) mass is 286 g/mol. The number of fused-ring (bicyclic) bond motifs is 1. The number of carbonyl (C=O) groups excluding carboxylic acids is 2. The summed E-state index contributed by atoms with van der Waals surface area (Å²) in [5, 5.41) is 0. The summed E-state index contributed by atoms with van der Waals surface area (Å²) in [4.78, 5) is 26.8. The highest BCUT2D eigenvalue weighted by molar-refractivity contribution is 6.22. The van der Waals surface area contributed by atoms with E-state index >= 15 is 0 Å². The van der Waals surface area contributed by atoms with E-state index in [-0.39, 0.29) is 23.7 Å². The lowest BCUT2D eigenvalue weighted by Crippen LogP contribution is -2.33. The molecule has 1 saturated heterocycles. The number of anilines is 2. The highest BCUT2D eigenvalue weighted by Crippen LogP contribution is 2.46. The Hall–Kier alpha value is -1.84. The average molecular weight is 286 g/mol. The second kappa shape index (κ2) is 4.86. The van der Waals surface area contributed by atoms with Crippen LogP contribution in [-0.2, 0) is 9.59 Å². The molecule has 2 atom stereocenters. The van der Waals surface area contributed by atoms with Gasteiger partial charge in [-0.3, -0.25) is 9.59 Å². The van der Waals surface area contributed by atoms with Gasteiger partial charge in [0.15, 0.2) is 0 Å².